The maximum Gasteiger partial charge on any atom is 0.256 e. The zero-order valence-corrected chi connectivity index (χ0v) is 25.4. The van der Waals surface area contributed by atoms with Crippen LogP contribution in [0.1, 0.15) is 29.6 Å². The molecule has 1 atom stereocenters. The number of amides is 1. The largest absolute Gasteiger partial charge is 0.493 e. The minimum absolute atomic E-state index is 0.00828. The van der Waals surface area contributed by atoms with Crippen LogP contribution in [0.3, 0.4) is 0 Å². The van der Waals surface area contributed by atoms with E-state index >= 15 is 0 Å². The second-order valence-electron chi connectivity index (χ2n) is 10.7. The Bertz CT molecular complexity index is 1690. The molecule has 9 nitrogen and oxygen atoms in total. The number of aliphatic imine (C=N–C) groups is 1. The van der Waals surface area contributed by atoms with Crippen LogP contribution in [0.25, 0.3) is 21.9 Å². The third-order valence-corrected chi connectivity index (χ3v) is 8.08. The van der Waals surface area contributed by atoms with Gasteiger partial charge >= 0.3 is 0 Å². The first kappa shape index (κ1) is 29.2. The normalized spacial score (nSPS) is 15.4. The Balaban J connectivity index is 1.08. The van der Waals surface area contributed by atoms with Crippen molar-refractivity contribution >= 4 is 28.6 Å². The molecule has 4 aromatic carbocycles. The van der Waals surface area contributed by atoms with Gasteiger partial charge in [0, 0.05) is 25.2 Å². The van der Waals surface area contributed by atoms with Crippen LogP contribution in [0.5, 0.6) is 34.5 Å². The molecule has 1 amide bonds. The number of fused-ring (bicyclic) bond motifs is 3. The minimum atomic E-state index is -0.00828. The molecule has 9 heteroatoms. The Morgan fingerprint density at radius 3 is 2.23 bits per heavy atom. The number of ether oxygens (including phenoxy) is 6. The number of carbonyl (C=O) groups excluding carboxylic acids is 1. The van der Waals surface area contributed by atoms with Crippen LogP contribution < -0.4 is 28.4 Å². The molecule has 0 aromatic heterocycles. The van der Waals surface area contributed by atoms with Crippen LogP contribution in [0, 0.1) is 0 Å². The van der Waals surface area contributed by atoms with E-state index in [1.54, 1.807) is 40.6 Å². The first-order valence-corrected chi connectivity index (χ1v) is 14.7. The molecule has 1 saturated heterocycles. The molecule has 44 heavy (non-hydrogen) atoms. The zero-order valence-electron chi connectivity index (χ0n) is 25.4. The summed E-state index contributed by atoms with van der Waals surface area (Å²) in [5.41, 5.74) is 3.16. The highest BCUT2D eigenvalue weighted by Gasteiger charge is 2.32. The fourth-order valence-electron chi connectivity index (χ4n) is 5.79. The van der Waals surface area contributed by atoms with E-state index in [1.165, 1.54) is 0 Å². The lowest BCUT2D eigenvalue weighted by Crippen LogP contribution is -2.35. The Hall–Kier alpha value is -4.92. The number of methoxy groups -OCH3 is 4. The van der Waals surface area contributed by atoms with Gasteiger partial charge in [0.1, 0.15) is 5.75 Å². The molecule has 0 bridgehead atoms. The topological polar surface area (TPSA) is 88.1 Å². The second-order valence-corrected chi connectivity index (χ2v) is 10.7. The van der Waals surface area contributed by atoms with Crippen molar-refractivity contribution in [3.63, 3.8) is 0 Å². The summed E-state index contributed by atoms with van der Waals surface area (Å²) >= 11 is 0. The molecule has 0 radical (unpaired) electrons. The maximum atomic E-state index is 13.1. The number of rotatable bonds is 11. The van der Waals surface area contributed by atoms with Crippen molar-refractivity contribution in [2.24, 2.45) is 4.99 Å². The van der Waals surface area contributed by atoms with E-state index in [0.29, 0.717) is 59.6 Å². The first-order chi connectivity index (χ1) is 21.5. The molecule has 6 rings (SSSR count). The summed E-state index contributed by atoms with van der Waals surface area (Å²) in [6, 6.07) is 19.8. The van der Waals surface area contributed by atoms with E-state index < -0.39 is 0 Å². The van der Waals surface area contributed by atoms with Gasteiger partial charge in [0.25, 0.3) is 5.91 Å². The molecule has 0 unspecified atom stereocenters. The lowest BCUT2D eigenvalue weighted by atomic mass is 10.0. The molecule has 0 saturated carbocycles. The van der Waals surface area contributed by atoms with Gasteiger partial charge in [0.15, 0.2) is 23.0 Å². The van der Waals surface area contributed by atoms with Gasteiger partial charge in [0.2, 0.25) is 5.75 Å². The highest BCUT2D eigenvalue weighted by Crippen LogP contribution is 2.42. The van der Waals surface area contributed by atoms with E-state index in [1.807, 2.05) is 35.4 Å². The molecule has 228 valence electrons. The van der Waals surface area contributed by atoms with Crippen LogP contribution in [0.4, 0.5) is 5.69 Å². The van der Waals surface area contributed by atoms with Crippen molar-refractivity contribution in [1.29, 1.82) is 0 Å². The van der Waals surface area contributed by atoms with Gasteiger partial charge in [-0.3, -0.25) is 9.79 Å². The Morgan fingerprint density at radius 2 is 1.48 bits per heavy atom. The molecule has 0 aliphatic carbocycles. The van der Waals surface area contributed by atoms with Gasteiger partial charge in [-0.05, 0) is 71.1 Å². The van der Waals surface area contributed by atoms with Crippen molar-refractivity contribution in [3.05, 3.63) is 66.2 Å². The van der Waals surface area contributed by atoms with E-state index in [-0.39, 0.29) is 11.9 Å². The standard InChI is InChI=1S/C35H36N2O7/c1-39-30-19-28-29(36-21-26-7-5-12-37(26)35(28)38)20-31(30)44-14-6-13-43-27-11-10-22-15-23(8-9-24(22)16-27)25-17-32(40-2)34(42-4)33(18-25)41-3/h8-11,15-21,26H,5-7,12-14H2,1-4H3/t26-/m0/s1. The van der Waals surface area contributed by atoms with Gasteiger partial charge in [-0.25, -0.2) is 0 Å². The fourth-order valence-corrected chi connectivity index (χ4v) is 5.79. The van der Waals surface area contributed by atoms with E-state index in [9.17, 15) is 4.79 Å². The summed E-state index contributed by atoms with van der Waals surface area (Å²) in [6.07, 6.45) is 4.47. The molecular weight excluding hydrogens is 560 g/mol. The number of hydrogen-bond acceptors (Lipinski definition) is 8. The Labute approximate surface area is 256 Å². The zero-order chi connectivity index (χ0) is 30.6. The smallest absolute Gasteiger partial charge is 0.256 e. The van der Waals surface area contributed by atoms with E-state index in [0.717, 1.165) is 47.0 Å². The lowest BCUT2D eigenvalue weighted by molar-refractivity contribution is 0.0774. The van der Waals surface area contributed by atoms with Crippen molar-refractivity contribution in [2.75, 3.05) is 48.2 Å². The third-order valence-electron chi connectivity index (χ3n) is 8.08. The second kappa shape index (κ2) is 12.8. The van der Waals surface area contributed by atoms with Gasteiger partial charge in [-0.1, -0.05) is 18.2 Å². The van der Waals surface area contributed by atoms with Crippen LogP contribution in [0.2, 0.25) is 0 Å². The van der Waals surface area contributed by atoms with Gasteiger partial charge in [0.05, 0.1) is 58.9 Å². The first-order valence-electron chi connectivity index (χ1n) is 14.7. The number of hydrogen-bond donors (Lipinski definition) is 0. The molecule has 4 aromatic rings. The molecule has 0 spiro atoms. The van der Waals surface area contributed by atoms with Crippen LogP contribution in [0.15, 0.2) is 65.7 Å². The summed E-state index contributed by atoms with van der Waals surface area (Å²) in [7, 11) is 6.40. The average Bonchev–Trinajstić information content (AvgIpc) is 3.49. The Morgan fingerprint density at radius 1 is 0.750 bits per heavy atom. The average molecular weight is 597 g/mol. The summed E-state index contributed by atoms with van der Waals surface area (Å²) in [5, 5.41) is 2.16. The fraction of sp³-hybridized carbons (Fsp3) is 0.314. The summed E-state index contributed by atoms with van der Waals surface area (Å²) in [4.78, 5) is 19.6. The summed E-state index contributed by atoms with van der Waals surface area (Å²) in [6.45, 7) is 1.66. The van der Waals surface area contributed by atoms with Crippen LogP contribution in [-0.4, -0.2) is 71.3 Å². The summed E-state index contributed by atoms with van der Waals surface area (Å²) in [5.74, 6) is 3.64. The minimum Gasteiger partial charge on any atom is -0.493 e. The molecule has 2 heterocycles. The van der Waals surface area contributed by atoms with E-state index in [2.05, 4.69) is 29.3 Å². The third kappa shape index (κ3) is 5.69. The van der Waals surface area contributed by atoms with Crippen LogP contribution >= 0.6 is 0 Å². The van der Waals surface area contributed by atoms with Gasteiger partial charge < -0.3 is 33.3 Å². The monoisotopic (exact) mass is 596 g/mol. The van der Waals surface area contributed by atoms with Crippen molar-refractivity contribution in [1.82, 2.24) is 4.90 Å². The Kier molecular flexibility index (Phi) is 8.45. The predicted molar refractivity (Wildman–Crippen MR) is 170 cm³/mol. The molecule has 2 aliphatic heterocycles. The quantitative estimate of drug-likeness (QED) is 0.178. The molecule has 2 aliphatic rings. The molecule has 1 fully saturated rings. The van der Waals surface area contributed by atoms with Crippen molar-refractivity contribution in [3.8, 4) is 45.6 Å². The highest BCUT2D eigenvalue weighted by molar-refractivity contribution is 6.03. The highest BCUT2D eigenvalue weighted by atomic mass is 16.5. The maximum absolute atomic E-state index is 13.1. The molecular formula is C35H36N2O7. The van der Waals surface area contributed by atoms with Crippen molar-refractivity contribution < 1.29 is 33.2 Å². The SMILES string of the molecule is COc1cc2c(cc1OCCCOc1ccc3cc(-c4cc(OC)c(OC)c(OC)c4)ccc3c1)N=C[C@@H]1CCCN1C2=O. The summed E-state index contributed by atoms with van der Waals surface area (Å²) < 4.78 is 34.1. The van der Waals surface area contributed by atoms with Crippen LogP contribution in [-0.2, 0) is 0 Å². The molecule has 0 N–H and O–H groups in total. The number of carbonyl (C=O) groups is 1. The van der Waals surface area contributed by atoms with Crippen molar-refractivity contribution in [2.45, 2.75) is 25.3 Å². The van der Waals surface area contributed by atoms with Gasteiger partial charge in [-0.2, -0.15) is 0 Å². The number of nitrogens with zero attached hydrogens (tertiary/aromatic N) is 2. The number of benzene rings is 4. The van der Waals surface area contributed by atoms with Gasteiger partial charge in [-0.15, -0.1) is 0 Å². The van der Waals surface area contributed by atoms with E-state index in [4.69, 9.17) is 28.4 Å². The predicted octanol–water partition coefficient (Wildman–Crippen LogP) is 6.71. The lowest BCUT2D eigenvalue weighted by Gasteiger charge is -2.20.